The van der Waals surface area contributed by atoms with Crippen molar-refractivity contribution in [1.29, 1.82) is 0 Å². The topological polar surface area (TPSA) is 289 Å². The van der Waals surface area contributed by atoms with Crippen LogP contribution in [0.15, 0.2) is 135 Å². The van der Waals surface area contributed by atoms with Crippen LogP contribution in [0, 0.1) is 11.8 Å². The molecule has 2 atom stereocenters. The van der Waals surface area contributed by atoms with E-state index in [1.165, 1.54) is 121 Å². The van der Waals surface area contributed by atoms with Gasteiger partial charge in [-0.2, -0.15) is 0 Å². The van der Waals surface area contributed by atoms with E-state index in [0.29, 0.717) is 103 Å². The minimum Gasteiger partial charge on any atom is -0.463 e. The zero-order valence-corrected chi connectivity index (χ0v) is 83.2. The summed E-state index contributed by atoms with van der Waals surface area (Å²) in [6, 6.07) is 0. The molecule has 720 valence electrons. The molecule has 2 unspecified atom stereocenters. The zero-order valence-electron chi connectivity index (χ0n) is 83.2. The summed E-state index contributed by atoms with van der Waals surface area (Å²) in [5, 5.41) is 0. The second kappa shape index (κ2) is 95.0. The molecule has 1 saturated carbocycles. The van der Waals surface area contributed by atoms with Gasteiger partial charge in [0, 0.05) is 62.8 Å². The summed E-state index contributed by atoms with van der Waals surface area (Å²) in [6.07, 6.45) is 39.5. The quantitative estimate of drug-likeness (QED) is 0.0237. The molecule has 124 heavy (non-hydrogen) atoms. The molecule has 0 saturated heterocycles. The molecule has 0 bridgehead atoms. The molecule has 1 fully saturated rings. The molecule has 0 aliphatic heterocycles. The van der Waals surface area contributed by atoms with Crippen molar-refractivity contribution in [3.8, 4) is 0 Å². The summed E-state index contributed by atoms with van der Waals surface area (Å²) in [6.45, 7) is 88.4. The van der Waals surface area contributed by atoms with Crippen molar-refractivity contribution in [2.24, 2.45) is 11.8 Å². The fourth-order valence-corrected chi connectivity index (χ4v) is 8.42. The average Bonchev–Trinajstić information content (AvgIpc) is 0.998. The number of carbonyl (C=O) groups is 11. The second-order valence-electron chi connectivity index (χ2n) is 32.0. The number of ether oxygens (including phenoxy) is 11. The van der Waals surface area contributed by atoms with Crippen LogP contribution in [0.1, 0.15) is 372 Å². The van der Waals surface area contributed by atoms with Gasteiger partial charge in [-0.05, 0) is 193 Å². The molecule has 0 aromatic heterocycles. The summed E-state index contributed by atoms with van der Waals surface area (Å²) in [5.41, 5.74) is 2.95. The van der Waals surface area contributed by atoms with Gasteiger partial charge in [-0.1, -0.05) is 263 Å². The van der Waals surface area contributed by atoms with E-state index in [1.807, 2.05) is 48.5 Å². The average molecular weight is 1760 g/mol. The van der Waals surface area contributed by atoms with Crippen LogP contribution >= 0.6 is 0 Å². The van der Waals surface area contributed by atoms with Gasteiger partial charge in [-0.3, -0.25) is 0 Å². The Hall–Kier alpha value is -8.69. The van der Waals surface area contributed by atoms with E-state index < -0.39 is 5.60 Å². The lowest BCUT2D eigenvalue weighted by Crippen LogP contribution is -2.27. The minimum atomic E-state index is -0.407. The first-order valence-electron chi connectivity index (χ1n) is 45.2. The zero-order chi connectivity index (χ0) is 98.0. The number of esters is 11. The van der Waals surface area contributed by atoms with E-state index in [4.69, 9.17) is 42.6 Å². The number of hydrogen-bond donors (Lipinski definition) is 0. The molecule has 0 N–H and O–H groups in total. The molecular weight excluding hydrogens is 1580 g/mol. The first-order chi connectivity index (χ1) is 58.0. The molecule has 0 aromatic rings. The Morgan fingerprint density at radius 2 is 0.613 bits per heavy atom. The van der Waals surface area contributed by atoms with E-state index in [2.05, 4.69) is 130 Å². The highest BCUT2D eigenvalue weighted by molar-refractivity contribution is 5.90. The Labute approximate surface area is 755 Å². The first-order valence-corrected chi connectivity index (χ1v) is 45.2. The van der Waals surface area contributed by atoms with E-state index in [0.717, 1.165) is 96.3 Å². The highest BCUT2D eigenvalue weighted by Crippen LogP contribution is 2.22. The van der Waals surface area contributed by atoms with Crippen LogP contribution < -0.4 is 0 Å². The third-order valence-corrected chi connectivity index (χ3v) is 16.5. The standard InChI is InChI=1S/C13H24O2.2C12H22O2.C11H20O2.C9H14O2.C9H16O2.2C8H14O2.2C7H12O2.C6H10O2/c1-4-5-6-7-8-9-10-11-15-13(14)12(2)3;1-5-7-8-11(6-2)9-14-12(13)10(3)4;1-3-5-6-7-8-9-10-11-14-12(13)4-2;1-4-7-8-10(5-2)9-13-11(12)6-3;1-7(2)9(10)11-8-5-3-4-6-8;1-6-9(4,5)11-8(10)7(2)3;1-6(2)7(9)10-8(3,4)5;1-4-5-6-10-8(9)7(2)3;1-5(2)7(8)9-6(3)4;1-3-5-6-9-7(8)4-2;1-4-8-6(7)5(2)3/h2,4-11H2,1,3H3;11H,3,5-9H2,1-2,4H3;4H,2-3,5-11H2,1H3;6,10H,3-5,7-9H2,1-2H3;8H,1,3-6H2,2H3;2,6H2,1,3-5H3;1H2,2-5H3;2,4-6H2,1,3H3;6H,1H2,2-4H3;4H,2-3,5-6H2,1H3;2,4H2,1,3H3. The van der Waals surface area contributed by atoms with E-state index in [1.54, 1.807) is 76.2 Å². The molecule has 22 nitrogen and oxygen atoms in total. The first kappa shape index (κ1) is 136. The van der Waals surface area contributed by atoms with Crippen molar-refractivity contribution < 1.29 is 105 Å². The molecule has 0 heterocycles. The Morgan fingerprint density at radius 1 is 0.331 bits per heavy atom. The number of hydrogen-bond acceptors (Lipinski definition) is 22. The third kappa shape index (κ3) is 113. The number of rotatable bonds is 50. The van der Waals surface area contributed by atoms with Gasteiger partial charge in [0.05, 0.1) is 52.4 Å². The van der Waals surface area contributed by atoms with Gasteiger partial charge in [0.15, 0.2) is 0 Å². The highest BCUT2D eigenvalue weighted by atomic mass is 16.6. The molecule has 22 heteroatoms. The third-order valence-electron chi connectivity index (χ3n) is 16.5. The van der Waals surface area contributed by atoms with Crippen LogP contribution in [-0.4, -0.2) is 135 Å². The predicted octanol–water partition coefficient (Wildman–Crippen LogP) is 25.9. The fourth-order valence-electron chi connectivity index (χ4n) is 8.42. The lowest BCUT2D eigenvalue weighted by Gasteiger charge is -2.23. The summed E-state index contributed by atoms with van der Waals surface area (Å²) in [7, 11) is 0. The molecule has 0 radical (unpaired) electrons. The van der Waals surface area contributed by atoms with E-state index in [9.17, 15) is 52.7 Å². The lowest BCUT2D eigenvalue weighted by atomic mass is 10.0. The number of unbranched alkanes of at least 4 members (excludes halogenated alkanes) is 16. The maximum Gasteiger partial charge on any atom is 0.333 e. The summed E-state index contributed by atoms with van der Waals surface area (Å²) in [5.74, 6) is -2.23. The SMILES string of the molecule is C=C(C)C(=O)OC(C)(C)C.C=C(C)C(=O)OC(C)(C)CC.C=C(C)C(=O)OC(C)C.C=C(C)C(=O)OC1CCCC1.C=C(C)C(=O)OCC.C=C(C)C(=O)OCC(CC)CCCC.C=C(C)C(=O)OCCCC.C=C(C)C(=O)OCCCCCCCCC.C=CC(=O)OCC(CC)CCCC.C=CC(=O)OCCCC.C=CC(=O)OCCCCCCCCC. The van der Waals surface area contributed by atoms with Crippen LogP contribution in [0.3, 0.4) is 0 Å². The Bertz CT molecular complexity index is 2970. The van der Waals surface area contributed by atoms with Crippen molar-refractivity contribution in [1.82, 2.24) is 0 Å². The smallest absolute Gasteiger partial charge is 0.333 e. The largest absolute Gasteiger partial charge is 0.463 e. The second-order valence-corrected chi connectivity index (χ2v) is 32.0. The summed E-state index contributed by atoms with van der Waals surface area (Å²) >= 11 is 0. The van der Waals surface area contributed by atoms with Crippen molar-refractivity contribution in [2.45, 2.75) is 396 Å². The van der Waals surface area contributed by atoms with Gasteiger partial charge >= 0.3 is 65.7 Å². The molecule has 0 aromatic carbocycles. The van der Waals surface area contributed by atoms with Gasteiger partial charge in [-0.15, -0.1) is 0 Å². The van der Waals surface area contributed by atoms with Crippen molar-refractivity contribution in [3.63, 3.8) is 0 Å². The normalized spacial score (nSPS) is 11.0. The molecule has 1 aliphatic rings. The van der Waals surface area contributed by atoms with Gasteiger partial charge in [-0.25, -0.2) is 52.7 Å². The van der Waals surface area contributed by atoms with Gasteiger partial charge in [0.25, 0.3) is 0 Å². The fraction of sp³-hybridized carbons (Fsp3) is 0.676. The van der Waals surface area contributed by atoms with Crippen molar-refractivity contribution in [3.05, 3.63) is 135 Å². The van der Waals surface area contributed by atoms with Gasteiger partial charge in [0.1, 0.15) is 17.3 Å². The Morgan fingerprint density at radius 3 is 0.887 bits per heavy atom. The van der Waals surface area contributed by atoms with E-state index in [-0.39, 0.29) is 83.5 Å². The molecule has 0 amide bonds. The maximum absolute atomic E-state index is 11.1. The monoisotopic (exact) mass is 1760 g/mol. The molecule has 0 spiro atoms. The molecular formula is C102H180O22. The van der Waals surface area contributed by atoms with E-state index >= 15 is 0 Å². The summed E-state index contributed by atoms with van der Waals surface area (Å²) in [4.78, 5) is 118. The summed E-state index contributed by atoms with van der Waals surface area (Å²) < 4.78 is 54.0. The Balaban J connectivity index is -0.000000145. The number of carbonyl (C=O) groups excluding carboxylic acids is 11. The van der Waals surface area contributed by atoms with Crippen LogP contribution in [0.4, 0.5) is 0 Å². The van der Waals surface area contributed by atoms with Crippen molar-refractivity contribution in [2.75, 3.05) is 46.2 Å². The van der Waals surface area contributed by atoms with Gasteiger partial charge < -0.3 is 52.1 Å². The highest BCUT2D eigenvalue weighted by Gasteiger charge is 2.22. The van der Waals surface area contributed by atoms with Crippen LogP contribution in [0.2, 0.25) is 0 Å². The predicted molar refractivity (Wildman–Crippen MR) is 510 cm³/mol. The van der Waals surface area contributed by atoms with Crippen molar-refractivity contribution >= 4 is 65.7 Å². The van der Waals surface area contributed by atoms with Crippen LogP contribution in [-0.2, 0) is 105 Å². The Kier molecular flexibility index (Phi) is 104. The lowest BCUT2D eigenvalue weighted by molar-refractivity contribution is -0.152. The van der Waals surface area contributed by atoms with Gasteiger partial charge in [0.2, 0.25) is 0 Å². The maximum atomic E-state index is 11.1. The molecule has 1 aliphatic carbocycles. The van der Waals surface area contributed by atoms with Crippen LogP contribution in [0.5, 0.6) is 0 Å². The minimum absolute atomic E-state index is 0.0470. The molecule has 1 rings (SSSR count). The van der Waals surface area contributed by atoms with Crippen LogP contribution in [0.25, 0.3) is 0 Å².